The van der Waals surface area contributed by atoms with E-state index in [2.05, 4.69) is 0 Å². The fourth-order valence-corrected chi connectivity index (χ4v) is 3.41. The zero-order valence-corrected chi connectivity index (χ0v) is 15.6. The molecule has 0 aliphatic carbocycles. The Morgan fingerprint density at radius 2 is 1.93 bits per heavy atom. The lowest BCUT2D eigenvalue weighted by atomic mass is 9.97. The highest BCUT2D eigenvalue weighted by Gasteiger charge is 2.30. The van der Waals surface area contributed by atoms with Gasteiger partial charge in [-0.05, 0) is 56.7 Å². The number of carbonyl (C=O) groups is 2. The highest BCUT2D eigenvalue weighted by atomic mass is 19.1. The fraction of sp³-hybridized carbons (Fsp3) is 0.238. The Labute approximate surface area is 160 Å². The zero-order chi connectivity index (χ0) is 20.6. The van der Waals surface area contributed by atoms with E-state index in [1.54, 1.807) is 20.8 Å². The number of carbonyl (C=O) groups excluding carboxylic acids is 2. The summed E-state index contributed by atoms with van der Waals surface area (Å²) in [6, 6.07) is 7.66. The van der Waals surface area contributed by atoms with Crippen LogP contribution in [0.15, 0.2) is 36.4 Å². The molecule has 3 aromatic rings. The second-order valence-electron chi connectivity index (χ2n) is 6.42. The van der Waals surface area contributed by atoms with Crippen LogP contribution in [0.1, 0.15) is 41.4 Å². The molecule has 0 saturated heterocycles. The van der Waals surface area contributed by atoms with E-state index in [4.69, 9.17) is 4.74 Å². The number of benzene rings is 2. The van der Waals surface area contributed by atoms with Crippen LogP contribution < -0.4 is 0 Å². The summed E-state index contributed by atoms with van der Waals surface area (Å²) in [4.78, 5) is 25.3. The smallest absolute Gasteiger partial charge is 0.313 e. The second kappa shape index (κ2) is 7.42. The van der Waals surface area contributed by atoms with Crippen molar-refractivity contribution in [2.75, 3.05) is 6.61 Å². The predicted molar refractivity (Wildman–Crippen MR) is 99.5 cm³/mol. The van der Waals surface area contributed by atoms with Gasteiger partial charge in [-0.1, -0.05) is 6.07 Å². The van der Waals surface area contributed by atoms with Gasteiger partial charge in [-0.3, -0.25) is 14.2 Å². The van der Waals surface area contributed by atoms with Gasteiger partial charge in [0.15, 0.2) is 11.6 Å². The van der Waals surface area contributed by atoms with Gasteiger partial charge >= 0.3 is 5.97 Å². The average molecular weight is 387 g/mol. The maximum Gasteiger partial charge on any atom is 0.313 e. The molecule has 0 spiro atoms. The maximum atomic E-state index is 14.8. The molecule has 146 valence electrons. The summed E-state index contributed by atoms with van der Waals surface area (Å²) in [6.07, 6.45) is 0. The van der Waals surface area contributed by atoms with E-state index in [9.17, 15) is 23.5 Å². The van der Waals surface area contributed by atoms with Gasteiger partial charge in [0.25, 0.3) is 5.91 Å². The Bertz CT molecular complexity index is 1090. The second-order valence-corrected chi connectivity index (χ2v) is 6.42. The number of nitrogens with zero attached hydrogens (tertiary/aromatic N) is 1. The normalized spacial score (nSPS) is 12.2. The minimum Gasteiger partial charge on any atom is -0.505 e. The molecule has 1 aromatic heterocycles. The summed E-state index contributed by atoms with van der Waals surface area (Å²) < 4.78 is 34.6. The molecule has 5 nitrogen and oxygen atoms in total. The van der Waals surface area contributed by atoms with Crippen LogP contribution in [0.4, 0.5) is 8.78 Å². The molecule has 3 rings (SSSR count). The minimum atomic E-state index is -0.933. The summed E-state index contributed by atoms with van der Waals surface area (Å²) in [5.41, 5.74) is 0.804. The maximum absolute atomic E-state index is 14.8. The van der Waals surface area contributed by atoms with E-state index in [1.807, 2.05) is 0 Å². The van der Waals surface area contributed by atoms with Crippen LogP contribution in [0.3, 0.4) is 0 Å². The van der Waals surface area contributed by atoms with E-state index in [0.29, 0.717) is 5.69 Å². The Balaban J connectivity index is 2.30. The third kappa shape index (κ3) is 3.13. The molecular formula is C21H19F2NO4. The molecule has 28 heavy (non-hydrogen) atoms. The first kappa shape index (κ1) is 19.5. The van der Waals surface area contributed by atoms with Gasteiger partial charge in [0.05, 0.1) is 18.0 Å². The highest BCUT2D eigenvalue weighted by molar-refractivity contribution is 6.05. The lowest BCUT2D eigenvalue weighted by Gasteiger charge is -2.12. The minimum absolute atomic E-state index is 0.0391. The number of ether oxygens (including phenoxy) is 1. The molecule has 0 fully saturated rings. The molecule has 0 radical (unpaired) electrons. The van der Waals surface area contributed by atoms with Crippen LogP contribution in [-0.4, -0.2) is 28.2 Å². The average Bonchev–Trinajstić information content (AvgIpc) is 2.96. The van der Waals surface area contributed by atoms with E-state index in [-0.39, 0.29) is 28.6 Å². The number of halogens is 2. The largest absolute Gasteiger partial charge is 0.505 e. The molecule has 0 amide bonds. The van der Waals surface area contributed by atoms with Gasteiger partial charge in [0.1, 0.15) is 5.82 Å². The molecule has 1 heterocycles. The summed E-state index contributed by atoms with van der Waals surface area (Å²) in [5.74, 6) is -4.14. The Kier molecular flexibility index (Phi) is 5.18. The monoisotopic (exact) mass is 387 g/mol. The van der Waals surface area contributed by atoms with Gasteiger partial charge in [-0.15, -0.1) is 0 Å². The SMILES string of the molecule is CCOC(=O)[C@@H](C)c1c(C)n(C(=O)c2cccc(F)c2)c2ccc(O)c(F)c12. The number of phenolic OH excluding ortho intramolecular Hbond substituents is 1. The van der Waals surface area contributed by atoms with Crippen molar-refractivity contribution in [2.45, 2.75) is 26.7 Å². The van der Waals surface area contributed by atoms with Gasteiger partial charge in [0.2, 0.25) is 0 Å². The van der Waals surface area contributed by atoms with Crippen LogP contribution in [0.5, 0.6) is 5.75 Å². The van der Waals surface area contributed by atoms with Crippen LogP contribution in [-0.2, 0) is 9.53 Å². The summed E-state index contributed by atoms with van der Waals surface area (Å²) in [7, 11) is 0. The van der Waals surface area contributed by atoms with Crippen molar-refractivity contribution in [3.63, 3.8) is 0 Å². The van der Waals surface area contributed by atoms with Crippen molar-refractivity contribution < 1.29 is 28.2 Å². The van der Waals surface area contributed by atoms with Gasteiger partial charge in [0, 0.05) is 16.6 Å². The van der Waals surface area contributed by atoms with E-state index >= 15 is 0 Å². The van der Waals surface area contributed by atoms with Crippen molar-refractivity contribution in [1.29, 1.82) is 0 Å². The van der Waals surface area contributed by atoms with Crippen LogP contribution in [0.25, 0.3) is 10.9 Å². The first-order valence-corrected chi connectivity index (χ1v) is 8.77. The first-order valence-electron chi connectivity index (χ1n) is 8.77. The number of hydrogen-bond acceptors (Lipinski definition) is 4. The Morgan fingerprint density at radius 3 is 2.57 bits per heavy atom. The molecule has 1 atom stereocenters. The molecule has 0 aliphatic heterocycles. The number of aromatic nitrogens is 1. The van der Waals surface area contributed by atoms with Crippen molar-refractivity contribution in [3.8, 4) is 5.75 Å². The number of fused-ring (bicyclic) bond motifs is 1. The molecule has 0 unspecified atom stereocenters. The topological polar surface area (TPSA) is 68.5 Å². The third-order valence-electron chi connectivity index (χ3n) is 4.68. The van der Waals surface area contributed by atoms with Crippen LogP contribution in [0, 0.1) is 18.6 Å². The summed E-state index contributed by atoms with van der Waals surface area (Å²) >= 11 is 0. The molecular weight excluding hydrogens is 368 g/mol. The molecule has 1 N–H and O–H groups in total. The zero-order valence-electron chi connectivity index (χ0n) is 15.6. The van der Waals surface area contributed by atoms with E-state index < -0.39 is 35.2 Å². The lowest BCUT2D eigenvalue weighted by molar-refractivity contribution is -0.144. The lowest BCUT2D eigenvalue weighted by Crippen LogP contribution is -2.16. The number of aromatic hydroxyl groups is 1. The number of rotatable bonds is 4. The molecule has 0 aliphatic rings. The summed E-state index contributed by atoms with van der Waals surface area (Å²) in [5, 5.41) is 9.78. The number of phenols is 1. The molecule has 0 bridgehead atoms. The Morgan fingerprint density at radius 1 is 1.21 bits per heavy atom. The molecule has 0 saturated carbocycles. The van der Waals surface area contributed by atoms with Crippen LogP contribution in [0.2, 0.25) is 0 Å². The van der Waals surface area contributed by atoms with Crippen LogP contribution >= 0.6 is 0 Å². The predicted octanol–water partition coefficient (Wildman–Crippen LogP) is 4.29. The van der Waals surface area contributed by atoms with Crippen molar-refractivity contribution in [3.05, 3.63) is 64.9 Å². The van der Waals surface area contributed by atoms with Gasteiger partial charge in [-0.2, -0.15) is 0 Å². The van der Waals surface area contributed by atoms with Crippen molar-refractivity contribution >= 4 is 22.8 Å². The third-order valence-corrected chi connectivity index (χ3v) is 4.68. The quantitative estimate of drug-likeness (QED) is 0.678. The van der Waals surface area contributed by atoms with E-state index in [0.717, 1.165) is 12.1 Å². The first-order chi connectivity index (χ1) is 13.3. The number of esters is 1. The van der Waals surface area contributed by atoms with Gasteiger partial charge < -0.3 is 9.84 Å². The standard InChI is InChI=1S/C21H19F2NO4/c1-4-28-21(27)11(2)17-12(3)24(15-8-9-16(25)19(23)18(15)17)20(26)13-6-5-7-14(22)10-13/h5-11,25H,4H2,1-3H3/t11-/m0/s1. The van der Waals surface area contributed by atoms with Crippen molar-refractivity contribution in [2.24, 2.45) is 0 Å². The highest BCUT2D eigenvalue weighted by Crippen LogP contribution is 2.37. The molecule has 2 aromatic carbocycles. The summed E-state index contributed by atoms with van der Waals surface area (Å²) in [6.45, 7) is 4.91. The van der Waals surface area contributed by atoms with Crippen molar-refractivity contribution in [1.82, 2.24) is 4.57 Å². The fourth-order valence-electron chi connectivity index (χ4n) is 3.41. The van der Waals surface area contributed by atoms with Gasteiger partial charge in [-0.25, -0.2) is 8.78 Å². The number of hydrogen-bond donors (Lipinski definition) is 1. The Hall–Kier alpha value is -3.22. The van der Waals surface area contributed by atoms with E-state index in [1.165, 1.54) is 28.8 Å². The molecule has 7 heteroatoms.